The number of sulfonamides is 1. The Morgan fingerprint density at radius 3 is 2.83 bits per heavy atom. The van der Waals surface area contributed by atoms with Gasteiger partial charge in [0.05, 0.1) is 11.9 Å². The topological polar surface area (TPSA) is 118 Å². The van der Waals surface area contributed by atoms with Crippen LogP contribution >= 0.6 is 0 Å². The summed E-state index contributed by atoms with van der Waals surface area (Å²) in [5, 5.41) is 10.7. The van der Waals surface area contributed by atoms with Crippen LogP contribution in [0.1, 0.15) is 41.7 Å². The number of nitrogens with one attached hydrogen (secondary N) is 1. The smallest absolute Gasteiger partial charge is 0.272 e. The lowest BCUT2D eigenvalue weighted by Crippen LogP contribution is -2.41. The van der Waals surface area contributed by atoms with Crippen molar-refractivity contribution in [2.24, 2.45) is 11.7 Å². The van der Waals surface area contributed by atoms with Crippen molar-refractivity contribution in [3.8, 4) is 0 Å². The van der Waals surface area contributed by atoms with Crippen LogP contribution in [0.25, 0.3) is 0 Å². The highest BCUT2D eigenvalue weighted by Gasteiger charge is 2.37. The molecule has 24 heavy (non-hydrogen) atoms. The molecule has 2 atom stereocenters. The molecule has 3 N–H and O–H groups in total. The van der Waals surface area contributed by atoms with Crippen molar-refractivity contribution in [3.05, 3.63) is 23.5 Å². The van der Waals surface area contributed by atoms with E-state index in [9.17, 15) is 13.2 Å². The second-order valence-electron chi connectivity index (χ2n) is 6.63. The number of nitrogens with two attached hydrogens (primary N) is 1. The Balaban J connectivity index is 1.65. The standard InChI is InChI=1S/C15H23N5O3S/c1-10-8-20(24(22,23)5-4-16)9-14(10)18-15(21)13-6-12(7-17-19-13)11-2-3-11/h6-7,10-11,14H,2-5,8-9,16H2,1H3,(H,18,21). The van der Waals surface area contributed by atoms with Gasteiger partial charge in [-0.05, 0) is 36.3 Å². The molecule has 1 aliphatic carbocycles. The Bertz CT molecular complexity index is 720. The molecule has 2 unspecified atom stereocenters. The van der Waals surface area contributed by atoms with E-state index >= 15 is 0 Å². The number of nitrogens with zero attached hydrogens (tertiary/aromatic N) is 3. The van der Waals surface area contributed by atoms with E-state index in [-0.39, 0.29) is 42.4 Å². The number of aromatic nitrogens is 2. The van der Waals surface area contributed by atoms with E-state index in [0.717, 1.165) is 18.4 Å². The van der Waals surface area contributed by atoms with Crippen molar-refractivity contribution < 1.29 is 13.2 Å². The monoisotopic (exact) mass is 353 g/mol. The van der Waals surface area contributed by atoms with Crippen molar-refractivity contribution >= 4 is 15.9 Å². The molecule has 9 heteroatoms. The quantitative estimate of drug-likeness (QED) is 0.724. The molecule has 0 aromatic carbocycles. The van der Waals surface area contributed by atoms with E-state index in [2.05, 4.69) is 15.5 Å². The summed E-state index contributed by atoms with van der Waals surface area (Å²) in [5.74, 6) is 0.144. The molecular formula is C15H23N5O3S. The van der Waals surface area contributed by atoms with Crippen LogP contribution in [0.4, 0.5) is 0 Å². The highest BCUT2D eigenvalue weighted by Crippen LogP contribution is 2.39. The summed E-state index contributed by atoms with van der Waals surface area (Å²) in [6.45, 7) is 2.68. The molecule has 1 saturated heterocycles. The number of hydrogen-bond donors (Lipinski definition) is 2. The molecule has 3 rings (SSSR count). The van der Waals surface area contributed by atoms with E-state index in [1.807, 2.05) is 6.92 Å². The maximum absolute atomic E-state index is 12.4. The molecule has 2 fully saturated rings. The molecule has 1 saturated carbocycles. The summed E-state index contributed by atoms with van der Waals surface area (Å²) in [7, 11) is -3.36. The third-order valence-corrected chi connectivity index (χ3v) is 6.46. The van der Waals surface area contributed by atoms with Gasteiger partial charge in [-0.15, -0.1) is 5.10 Å². The first-order valence-corrected chi connectivity index (χ1v) is 9.83. The molecular weight excluding hydrogens is 330 g/mol. The minimum atomic E-state index is -3.36. The minimum Gasteiger partial charge on any atom is -0.346 e. The minimum absolute atomic E-state index is 0.0288. The van der Waals surface area contributed by atoms with Crippen LogP contribution in [0.15, 0.2) is 12.3 Å². The third-order valence-electron chi connectivity index (χ3n) is 4.62. The number of amides is 1. The van der Waals surface area contributed by atoms with Crippen LogP contribution in [-0.2, 0) is 10.0 Å². The Morgan fingerprint density at radius 1 is 1.42 bits per heavy atom. The Morgan fingerprint density at radius 2 is 2.17 bits per heavy atom. The van der Waals surface area contributed by atoms with Gasteiger partial charge in [-0.1, -0.05) is 6.92 Å². The highest BCUT2D eigenvalue weighted by atomic mass is 32.2. The summed E-state index contributed by atoms with van der Waals surface area (Å²) in [5.41, 5.74) is 6.69. The maximum Gasteiger partial charge on any atom is 0.272 e. The van der Waals surface area contributed by atoms with Gasteiger partial charge in [0.2, 0.25) is 10.0 Å². The third kappa shape index (κ3) is 3.73. The fourth-order valence-electron chi connectivity index (χ4n) is 2.99. The number of carbonyl (C=O) groups is 1. The summed E-state index contributed by atoms with van der Waals surface area (Å²) >= 11 is 0. The number of hydrogen-bond acceptors (Lipinski definition) is 6. The number of carbonyl (C=O) groups excluding carboxylic acids is 1. The highest BCUT2D eigenvalue weighted by molar-refractivity contribution is 7.89. The van der Waals surface area contributed by atoms with E-state index in [1.54, 1.807) is 12.3 Å². The Hall–Kier alpha value is -1.58. The summed E-state index contributed by atoms with van der Waals surface area (Å²) in [6, 6.07) is 1.54. The van der Waals surface area contributed by atoms with E-state index in [0.29, 0.717) is 12.5 Å². The van der Waals surface area contributed by atoms with Gasteiger partial charge in [-0.25, -0.2) is 8.42 Å². The number of rotatable bonds is 6. The molecule has 0 bridgehead atoms. The van der Waals surface area contributed by atoms with Gasteiger partial charge in [-0.3, -0.25) is 4.79 Å². The molecule has 2 aliphatic rings. The molecule has 0 spiro atoms. The first-order chi connectivity index (χ1) is 11.4. The fourth-order valence-corrected chi connectivity index (χ4v) is 4.40. The summed E-state index contributed by atoms with van der Waals surface area (Å²) in [6.07, 6.45) is 3.95. The van der Waals surface area contributed by atoms with Gasteiger partial charge in [0.15, 0.2) is 5.69 Å². The predicted octanol–water partition coefficient (Wildman–Crippen LogP) is -0.307. The zero-order valence-electron chi connectivity index (χ0n) is 13.7. The van der Waals surface area contributed by atoms with Crippen LogP contribution < -0.4 is 11.1 Å². The van der Waals surface area contributed by atoms with Gasteiger partial charge >= 0.3 is 0 Å². The molecule has 1 aliphatic heterocycles. The predicted molar refractivity (Wildman–Crippen MR) is 88.8 cm³/mol. The van der Waals surface area contributed by atoms with E-state index in [4.69, 9.17) is 5.73 Å². The Kier molecular flexibility index (Phi) is 4.84. The van der Waals surface area contributed by atoms with Crippen molar-refractivity contribution in [1.82, 2.24) is 19.8 Å². The van der Waals surface area contributed by atoms with E-state index in [1.165, 1.54) is 4.31 Å². The zero-order chi connectivity index (χ0) is 17.3. The lowest BCUT2D eigenvalue weighted by Gasteiger charge is -2.17. The second-order valence-corrected chi connectivity index (χ2v) is 8.72. The molecule has 8 nitrogen and oxygen atoms in total. The maximum atomic E-state index is 12.4. The van der Waals surface area contributed by atoms with Gasteiger partial charge in [0.1, 0.15) is 0 Å². The fraction of sp³-hybridized carbons (Fsp3) is 0.667. The molecule has 0 radical (unpaired) electrons. The molecule has 1 aromatic rings. The molecule has 132 valence electrons. The largest absolute Gasteiger partial charge is 0.346 e. The summed E-state index contributed by atoms with van der Waals surface area (Å²) in [4.78, 5) is 12.4. The van der Waals surface area contributed by atoms with Crippen molar-refractivity contribution in [1.29, 1.82) is 0 Å². The van der Waals surface area contributed by atoms with Crippen LogP contribution in [0, 0.1) is 5.92 Å². The van der Waals surface area contributed by atoms with Crippen molar-refractivity contribution in [2.75, 3.05) is 25.4 Å². The average molecular weight is 353 g/mol. The zero-order valence-corrected chi connectivity index (χ0v) is 14.5. The normalized spacial score (nSPS) is 24.9. The van der Waals surface area contributed by atoms with Gasteiger partial charge < -0.3 is 11.1 Å². The Labute approximate surface area is 141 Å². The van der Waals surface area contributed by atoms with Gasteiger partial charge in [0, 0.05) is 25.7 Å². The molecule has 2 heterocycles. The van der Waals surface area contributed by atoms with Crippen molar-refractivity contribution in [3.63, 3.8) is 0 Å². The van der Waals surface area contributed by atoms with Crippen LogP contribution in [0.5, 0.6) is 0 Å². The van der Waals surface area contributed by atoms with Crippen LogP contribution in [0.2, 0.25) is 0 Å². The van der Waals surface area contributed by atoms with Crippen molar-refractivity contribution in [2.45, 2.75) is 31.7 Å². The van der Waals surface area contributed by atoms with Crippen LogP contribution in [-0.4, -0.2) is 60.3 Å². The first-order valence-electron chi connectivity index (χ1n) is 8.22. The SMILES string of the molecule is CC1CN(S(=O)(=O)CCN)CC1NC(=O)c1cc(C2CC2)cnn1. The van der Waals surface area contributed by atoms with Gasteiger partial charge in [0.25, 0.3) is 5.91 Å². The lowest BCUT2D eigenvalue weighted by atomic mass is 10.1. The second kappa shape index (κ2) is 6.73. The first kappa shape index (κ1) is 17.2. The molecule has 1 amide bonds. The lowest BCUT2D eigenvalue weighted by molar-refractivity contribution is 0.0926. The van der Waals surface area contributed by atoms with Gasteiger partial charge in [-0.2, -0.15) is 9.40 Å². The summed E-state index contributed by atoms with van der Waals surface area (Å²) < 4.78 is 25.6. The average Bonchev–Trinajstić information content (AvgIpc) is 3.32. The van der Waals surface area contributed by atoms with Crippen LogP contribution in [0.3, 0.4) is 0 Å². The van der Waals surface area contributed by atoms with E-state index < -0.39 is 10.0 Å². The molecule has 1 aromatic heterocycles.